The van der Waals surface area contributed by atoms with E-state index in [0.29, 0.717) is 6.54 Å². The normalized spacial score (nSPS) is 12.2. The van der Waals surface area contributed by atoms with Crippen molar-refractivity contribution in [1.29, 1.82) is 0 Å². The Bertz CT molecular complexity index is 613. The number of nitrogens with zero attached hydrogens (tertiary/aromatic N) is 1. The molecule has 0 atom stereocenters. The van der Waals surface area contributed by atoms with E-state index in [4.69, 9.17) is 0 Å². The summed E-state index contributed by atoms with van der Waals surface area (Å²) in [6.45, 7) is 4.43. The number of thiophene rings is 1. The van der Waals surface area contributed by atoms with Gasteiger partial charge in [0, 0.05) is 29.2 Å². The molecule has 112 valence electrons. The summed E-state index contributed by atoms with van der Waals surface area (Å²) in [4.78, 5) is 15.7. The molecular weight excluding hydrogens is 304 g/mol. The molecule has 1 aromatic carbocycles. The third-order valence-electron chi connectivity index (χ3n) is 3.66. The largest absolute Gasteiger partial charge is 0.384 e. The molecule has 0 bridgehead atoms. The summed E-state index contributed by atoms with van der Waals surface area (Å²) in [5.41, 5.74) is 3.22. The molecule has 2 aromatic rings. The van der Waals surface area contributed by atoms with Gasteiger partial charge in [-0.25, -0.2) is 0 Å². The number of anilines is 1. The highest BCUT2D eigenvalue weighted by atomic mass is 35.5. The number of hydrogen-bond donors (Lipinski definition) is 1. The summed E-state index contributed by atoms with van der Waals surface area (Å²) in [5, 5.41) is 5.37. The number of fused-ring (bicyclic) bond motifs is 1. The molecule has 21 heavy (non-hydrogen) atoms. The molecule has 2 heterocycles. The number of carbonyl (C=O) groups excluding carboxylic acids is 1. The lowest BCUT2D eigenvalue weighted by Crippen LogP contribution is -2.30. The lowest BCUT2D eigenvalue weighted by Gasteiger charge is -2.20. The van der Waals surface area contributed by atoms with Gasteiger partial charge in [0.05, 0.1) is 6.54 Å². The van der Waals surface area contributed by atoms with Gasteiger partial charge in [-0.05, 0) is 48.6 Å². The second-order valence-electron chi connectivity index (χ2n) is 4.95. The van der Waals surface area contributed by atoms with Crippen molar-refractivity contribution in [2.75, 3.05) is 18.4 Å². The van der Waals surface area contributed by atoms with E-state index in [9.17, 15) is 4.79 Å². The Morgan fingerprint density at radius 3 is 2.95 bits per heavy atom. The van der Waals surface area contributed by atoms with E-state index < -0.39 is 0 Å². The highest BCUT2D eigenvalue weighted by Crippen LogP contribution is 2.24. The van der Waals surface area contributed by atoms with Gasteiger partial charge < -0.3 is 10.2 Å². The van der Waals surface area contributed by atoms with Gasteiger partial charge in [0.15, 0.2) is 0 Å². The Hall–Kier alpha value is -1.52. The fourth-order valence-corrected chi connectivity index (χ4v) is 3.26. The molecule has 1 aliphatic rings. The number of amides is 1. The minimum atomic E-state index is 0. The first kappa shape index (κ1) is 15.9. The fraction of sp³-hybridized carbons (Fsp3) is 0.312. The number of halogens is 1. The van der Waals surface area contributed by atoms with E-state index in [2.05, 4.69) is 16.8 Å². The third-order valence-corrected chi connectivity index (χ3v) is 4.52. The average molecular weight is 323 g/mol. The van der Waals surface area contributed by atoms with Crippen molar-refractivity contribution in [2.45, 2.75) is 19.9 Å². The SMILES string of the molecule is CCN(Cc1cccs1)C(=O)c1ccc2c(c1)CCN2.Cl. The van der Waals surface area contributed by atoms with Crippen LogP contribution in [0.5, 0.6) is 0 Å². The van der Waals surface area contributed by atoms with E-state index in [1.54, 1.807) is 11.3 Å². The number of rotatable bonds is 4. The number of benzene rings is 1. The van der Waals surface area contributed by atoms with Gasteiger partial charge in [-0.15, -0.1) is 23.7 Å². The van der Waals surface area contributed by atoms with Gasteiger partial charge in [0.1, 0.15) is 0 Å². The molecule has 3 rings (SSSR count). The van der Waals surface area contributed by atoms with Gasteiger partial charge in [0.25, 0.3) is 5.91 Å². The molecule has 5 heteroatoms. The van der Waals surface area contributed by atoms with Crippen LogP contribution in [0.3, 0.4) is 0 Å². The van der Waals surface area contributed by atoms with Gasteiger partial charge >= 0.3 is 0 Å². The molecule has 0 saturated heterocycles. The Morgan fingerprint density at radius 2 is 2.24 bits per heavy atom. The van der Waals surface area contributed by atoms with Crippen molar-refractivity contribution in [3.63, 3.8) is 0 Å². The van der Waals surface area contributed by atoms with Gasteiger partial charge in [-0.1, -0.05) is 6.07 Å². The zero-order valence-electron chi connectivity index (χ0n) is 12.0. The summed E-state index contributed by atoms with van der Waals surface area (Å²) >= 11 is 1.70. The van der Waals surface area contributed by atoms with E-state index in [1.165, 1.54) is 16.1 Å². The monoisotopic (exact) mass is 322 g/mol. The zero-order chi connectivity index (χ0) is 13.9. The zero-order valence-corrected chi connectivity index (χ0v) is 13.6. The van der Waals surface area contributed by atoms with Crippen LogP contribution in [-0.2, 0) is 13.0 Å². The summed E-state index contributed by atoms with van der Waals surface area (Å²) in [6, 6.07) is 10.1. The van der Waals surface area contributed by atoms with Crippen molar-refractivity contribution in [3.8, 4) is 0 Å². The number of carbonyl (C=O) groups is 1. The topological polar surface area (TPSA) is 32.3 Å². The molecule has 1 aliphatic heterocycles. The van der Waals surface area contributed by atoms with Crippen LogP contribution in [-0.4, -0.2) is 23.9 Å². The lowest BCUT2D eigenvalue weighted by molar-refractivity contribution is 0.0754. The second kappa shape index (κ2) is 6.96. The first-order valence-electron chi connectivity index (χ1n) is 6.96. The maximum absolute atomic E-state index is 12.6. The first-order valence-corrected chi connectivity index (χ1v) is 7.84. The van der Waals surface area contributed by atoms with E-state index >= 15 is 0 Å². The minimum absolute atomic E-state index is 0. The van der Waals surface area contributed by atoms with Crippen LogP contribution in [0.15, 0.2) is 35.7 Å². The molecule has 1 aromatic heterocycles. The second-order valence-corrected chi connectivity index (χ2v) is 5.98. The Kier molecular flexibility index (Phi) is 5.26. The molecule has 1 N–H and O–H groups in total. The number of nitrogens with one attached hydrogen (secondary N) is 1. The molecule has 0 fully saturated rings. The van der Waals surface area contributed by atoms with Crippen LogP contribution >= 0.6 is 23.7 Å². The molecule has 0 unspecified atom stereocenters. The lowest BCUT2D eigenvalue weighted by atomic mass is 10.1. The first-order chi connectivity index (χ1) is 9.78. The van der Waals surface area contributed by atoms with Gasteiger partial charge in [-0.3, -0.25) is 4.79 Å². The smallest absolute Gasteiger partial charge is 0.254 e. The maximum Gasteiger partial charge on any atom is 0.254 e. The molecule has 0 radical (unpaired) electrons. The van der Waals surface area contributed by atoms with Crippen molar-refractivity contribution in [3.05, 3.63) is 51.7 Å². The summed E-state index contributed by atoms with van der Waals surface area (Å²) in [7, 11) is 0. The summed E-state index contributed by atoms with van der Waals surface area (Å²) in [5.74, 6) is 0.121. The molecule has 0 spiro atoms. The predicted molar refractivity (Wildman–Crippen MR) is 90.6 cm³/mol. The standard InChI is InChI=1S/C16H18N2OS.ClH/c1-2-18(11-14-4-3-9-20-14)16(19)13-5-6-15-12(10-13)7-8-17-15;/h3-6,9-10,17H,2,7-8,11H2,1H3;1H. The quantitative estimate of drug-likeness (QED) is 0.928. The Balaban J connectivity index is 0.00000161. The van der Waals surface area contributed by atoms with Crippen molar-refractivity contribution < 1.29 is 4.79 Å². The van der Waals surface area contributed by atoms with Gasteiger partial charge in [-0.2, -0.15) is 0 Å². The van der Waals surface area contributed by atoms with Crippen LogP contribution in [0.2, 0.25) is 0 Å². The van der Waals surface area contributed by atoms with Gasteiger partial charge in [0.2, 0.25) is 0 Å². The molecule has 1 amide bonds. The maximum atomic E-state index is 12.6. The van der Waals surface area contributed by atoms with E-state index in [1.807, 2.05) is 36.1 Å². The number of hydrogen-bond acceptors (Lipinski definition) is 3. The van der Waals surface area contributed by atoms with Crippen LogP contribution in [0.25, 0.3) is 0 Å². The Labute approximate surface area is 135 Å². The predicted octanol–water partition coefficient (Wildman–Crippen LogP) is 3.80. The minimum Gasteiger partial charge on any atom is -0.384 e. The molecule has 0 saturated carbocycles. The molecular formula is C16H19ClN2OS. The molecule has 0 aliphatic carbocycles. The van der Waals surface area contributed by atoms with Crippen LogP contribution in [0, 0.1) is 0 Å². The van der Waals surface area contributed by atoms with Crippen molar-refractivity contribution in [2.24, 2.45) is 0 Å². The van der Waals surface area contributed by atoms with Crippen LogP contribution in [0.1, 0.15) is 27.7 Å². The highest BCUT2D eigenvalue weighted by molar-refractivity contribution is 7.09. The van der Waals surface area contributed by atoms with E-state index in [-0.39, 0.29) is 18.3 Å². The highest BCUT2D eigenvalue weighted by Gasteiger charge is 2.18. The van der Waals surface area contributed by atoms with E-state index in [0.717, 1.165) is 25.1 Å². The van der Waals surface area contributed by atoms with Crippen molar-refractivity contribution in [1.82, 2.24) is 4.90 Å². The summed E-state index contributed by atoms with van der Waals surface area (Å²) < 4.78 is 0. The summed E-state index contributed by atoms with van der Waals surface area (Å²) in [6.07, 6.45) is 1.01. The average Bonchev–Trinajstić information content (AvgIpc) is 3.14. The van der Waals surface area contributed by atoms with Crippen molar-refractivity contribution >= 4 is 35.3 Å². The molecule has 3 nitrogen and oxygen atoms in total. The third kappa shape index (κ3) is 3.39. The van der Waals surface area contributed by atoms with Crippen LogP contribution in [0.4, 0.5) is 5.69 Å². The fourth-order valence-electron chi connectivity index (χ4n) is 2.54. The Morgan fingerprint density at radius 1 is 1.38 bits per heavy atom. The van der Waals surface area contributed by atoms with Crippen LogP contribution < -0.4 is 5.32 Å².